The Bertz CT molecular complexity index is 1070. The Labute approximate surface area is 145 Å². The lowest BCUT2D eigenvalue weighted by Crippen LogP contribution is -1.98. The lowest BCUT2D eigenvalue weighted by atomic mass is 10.1. The maximum Gasteiger partial charge on any atom is 0.233 e. The molecular weight excluding hydrogens is 316 g/mol. The van der Waals surface area contributed by atoms with Gasteiger partial charge in [0.25, 0.3) is 0 Å². The van der Waals surface area contributed by atoms with Crippen LogP contribution in [-0.2, 0) is 6.61 Å². The van der Waals surface area contributed by atoms with Crippen molar-refractivity contribution in [2.75, 3.05) is 7.11 Å². The van der Waals surface area contributed by atoms with Gasteiger partial charge in [0.1, 0.15) is 17.0 Å². The van der Waals surface area contributed by atoms with E-state index in [1.807, 2.05) is 56.3 Å². The van der Waals surface area contributed by atoms with Crippen LogP contribution in [0.2, 0.25) is 0 Å². The molecule has 4 rings (SSSR count). The van der Waals surface area contributed by atoms with E-state index < -0.39 is 0 Å². The monoisotopic (exact) mass is 334 g/mol. The molecule has 126 valence electrons. The summed E-state index contributed by atoms with van der Waals surface area (Å²) in [5.74, 6) is 2.05. The van der Waals surface area contributed by atoms with Crippen LogP contribution in [0.1, 0.15) is 17.1 Å². The number of rotatable bonds is 4. The van der Waals surface area contributed by atoms with Crippen LogP contribution in [0.4, 0.5) is 0 Å². The predicted molar refractivity (Wildman–Crippen MR) is 96.1 cm³/mol. The molecule has 0 aliphatic carbocycles. The highest BCUT2D eigenvalue weighted by molar-refractivity contribution is 5.86. The van der Waals surface area contributed by atoms with E-state index in [2.05, 4.69) is 9.97 Å². The number of methoxy groups -OCH3 is 1. The number of benzene rings is 2. The van der Waals surface area contributed by atoms with Crippen molar-refractivity contribution in [2.24, 2.45) is 0 Å². The maximum atomic E-state index is 5.99. The molecule has 25 heavy (non-hydrogen) atoms. The Balaban J connectivity index is 1.67. The van der Waals surface area contributed by atoms with Crippen molar-refractivity contribution in [3.05, 3.63) is 59.6 Å². The second-order valence-corrected chi connectivity index (χ2v) is 6.01. The van der Waals surface area contributed by atoms with Crippen LogP contribution >= 0.6 is 0 Å². The normalized spacial score (nSPS) is 11.2. The van der Waals surface area contributed by atoms with Crippen LogP contribution in [0.5, 0.6) is 11.5 Å². The summed E-state index contributed by atoms with van der Waals surface area (Å²) in [6.07, 6.45) is 0. The number of fused-ring (bicyclic) bond motifs is 2. The third kappa shape index (κ3) is 3.01. The highest BCUT2D eigenvalue weighted by atomic mass is 16.5. The molecule has 4 aromatic rings. The molecular formula is C20H18N2O3. The Kier molecular flexibility index (Phi) is 3.76. The third-order valence-electron chi connectivity index (χ3n) is 4.04. The highest BCUT2D eigenvalue weighted by Crippen LogP contribution is 2.29. The maximum absolute atomic E-state index is 5.99. The molecule has 0 bridgehead atoms. The number of aryl methyl sites for hydroxylation is 2. The van der Waals surface area contributed by atoms with Gasteiger partial charge in [-0.15, -0.1) is 0 Å². The molecule has 5 heteroatoms. The van der Waals surface area contributed by atoms with E-state index in [1.54, 1.807) is 7.11 Å². The summed E-state index contributed by atoms with van der Waals surface area (Å²) in [5.41, 5.74) is 4.51. The molecule has 0 unspecified atom stereocenters. The standard InChI is InChI=1S/C20H18N2O3/c1-12-4-7-18-17(8-12)22-20(25-18)11-24-19-9-13(2)21-16-6-5-14(23-3)10-15(16)19/h4-10H,11H2,1-3H3. The van der Waals surface area contributed by atoms with E-state index in [-0.39, 0.29) is 6.61 Å². The Morgan fingerprint density at radius 2 is 1.84 bits per heavy atom. The molecule has 2 aromatic carbocycles. The predicted octanol–water partition coefficient (Wildman–Crippen LogP) is 4.58. The van der Waals surface area contributed by atoms with E-state index in [9.17, 15) is 0 Å². The molecule has 0 aliphatic rings. The molecule has 0 N–H and O–H groups in total. The number of hydrogen-bond acceptors (Lipinski definition) is 5. The van der Waals surface area contributed by atoms with E-state index in [0.717, 1.165) is 44.8 Å². The fraction of sp³-hybridized carbons (Fsp3) is 0.200. The number of hydrogen-bond donors (Lipinski definition) is 0. The topological polar surface area (TPSA) is 57.4 Å². The minimum Gasteiger partial charge on any atom is -0.497 e. The molecule has 0 atom stereocenters. The van der Waals surface area contributed by atoms with E-state index in [4.69, 9.17) is 13.9 Å². The summed E-state index contributed by atoms with van der Waals surface area (Å²) in [6.45, 7) is 4.23. The first-order valence-electron chi connectivity index (χ1n) is 8.06. The highest BCUT2D eigenvalue weighted by Gasteiger charge is 2.10. The molecule has 5 nitrogen and oxygen atoms in total. The molecule has 0 amide bonds. The zero-order chi connectivity index (χ0) is 17.4. The van der Waals surface area contributed by atoms with Crippen LogP contribution in [0.3, 0.4) is 0 Å². The minimum absolute atomic E-state index is 0.253. The van der Waals surface area contributed by atoms with Gasteiger partial charge in [0, 0.05) is 17.1 Å². The van der Waals surface area contributed by atoms with Crippen molar-refractivity contribution in [3.63, 3.8) is 0 Å². The molecule has 0 saturated heterocycles. The van der Waals surface area contributed by atoms with Gasteiger partial charge in [0.15, 0.2) is 12.2 Å². The molecule has 0 fully saturated rings. The van der Waals surface area contributed by atoms with Gasteiger partial charge < -0.3 is 13.9 Å². The summed E-state index contributed by atoms with van der Waals surface area (Å²) < 4.78 is 17.1. The molecule has 0 spiro atoms. The number of nitrogens with zero attached hydrogens (tertiary/aromatic N) is 2. The first-order valence-corrected chi connectivity index (χ1v) is 8.06. The van der Waals surface area contributed by atoms with Crippen LogP contribution in [0, 0.1) is 13.8 Å². The fourth-order valence-electron chi connectivity index (χ4n) is 2.83. The third-order valence-corrected chi connectivity index (χ3v) is 4.04. The van der Waals surface area contributed by atoms with E-state index in [0.29, 0.717) is 5.89 Å². The lowest BCUT2D eigenvalue weighted by Gasteiger charge is -2.10. The second kappa shape index (κ2) is 6.09. The van der Waals surface area contributed by atoms with Gasteiger partial charge in [-0.05, 0) is 49.7 Å². The first kappa shape index (κ1) is 15.4. The van der Waals surface area contributed by atoms with Crippen LogP contribution in [0.25, 0.3) is 22.0 Å². The summed E-state index contributed by atoms with van der Waals surface area (Å²) in [5, 5.41) is 0.900. The summed E-state index contributed by atoms with van der Waals surface area (Å²) in [4.78, 5) is 9.03. The van der Waals surface area contributed by atoms with E-state index >= 15 is 0 Å². The number of ether oxygens (including phenoxy) is 2. The van der Waals surface area contributed by atoms with Crippen molar-refractivity contribution < 1.29 is 13.9 Å². The Morgan fingerprint density at radius 1 is 0.960 bits per heavy atom. The van der Waals surface area contributed by atoms with Crippen molar-refractivity contribution in [1.29, 1.82) is 0 Å². The fourth-order valence-corrected chi connectivity index (χ4v) is 2.83. The van der Waals surface area contributed by atoms with Gasteiger partial charge in [-0.25, -0.2) is 4.98 Å². The quantitative estimate of drug-likeness (QED) is 0.547. The summed E-state index contributed by atoms with van der Waals surface area (Å²) >= 11 is 0. The van der Waals surface area contributed by atoms with Gasteiger partial charge in [0.2, 0.25) is 5.89 Å². The Hall–Kier alpha value is -3.08. The second-order valence-electron chi connectivity index (χ2n) is 6.01. The van der Waals surface area contributed by atoms with Gasteiger partial charge in [0.05, 0.1) is 12.6 Å². The largest absolute Gasteiger partial charge is 0.497 e. The van der Waals surface area contributed by atoms with Gasteiger partial charge in [-0.2, -0.15) is 0 Å². The molecule has 2 aromatic heterocycles. The van der Waals surface area contributed by atoms with Crippen LogP contribution in [-0.4, -0.2) is 17.1 Å². The van der Waals surface area contributed by atoms with Crippen LogP contribution in [0.15, 0.2) is 46.9 Å². The minimum atomic E-state index is 0.253. The zero-order valence-electron chi connectivity index (χ0n) is 14.4. The van der Waals surface area contributed by atoms with Crippen molar-refractivity contribution in [2.45, 2.75) is 20.5 Å². The SMILES string of the molecule is COc1ccc2nc(C)cc(OCc3nc4cc(C)ccc4o3)c2c1. The first-order chi connectivity index (χ1) is 12.1. The van der Waals surface area contributed by atoms with Crippen LogP contribution < -0.4 is 9.47 Å². The average Bonchev–Trinajstić information content (AvgIpc) is 3.01. The summed E-state index contributed by atoms with van der Waals surface area (Å²) in [7, 11) is 1.64. The number of oxazole rings is 1. The average molecular weight is 334 g/mol. The molecule has 2 heterocycles. The zero-order valence-corrected chi connectivity index (χ0v) is 14.4. The van der Waals surface area contributed by atoms with Crippen molar-refractivity contribution in [1.82, 2.24) is 9.97 Å². The lowest BCUT2D eigenvalue weighted by molar-refractivity contribution is 0.270. The summed E-state index contributed by atoms with van der Waals surface area (Å²) in [6, 6.07) is 13.6. The Morgan fingerprint density at radius 3 is 2.68 bits per heavy atom. The smallest absolute Gasteiger partial charge is 0.233 e. The molecule has 0 radical (unpaired) electrons. The molecule has 0 saturated carbocycles. The van der Waals surface area contributed by atoms with Crippen molar-refractivity contribution >= 4 is 22.0 Å². The van der Waals surface area contributed by atoms with Crippen molar-refractivity contribution in [3.8, 4) is 11.5 Å². The van der Waals surface area contributed by atoms with Gasteiger partial charge >= 0.3 is 0 Å². The number of pyridine rings is 1. The number of aromatic nitrogens is 2. The van der Waals surface area contributed by atoms with Gasteiger partial charge in [-0.3, -0.25) is 4.98 Å². The van der Waals surface area contributed by atoms with Gasteiger partial charge in [-0.1, -0.05) is 6.07 Å². The molecule has 0 aliphatic heterocycles. The van der Waals surface area contributed by atoms with E-state index in [1.165, 1.54) is 0 Å².